The minimum Gasteiger partial charge on any atom is -0.399 e. The van der Waals surface area contributed by atoms with Crippen molar-refractivity contribution >= 4 is 15.7 Å². The number of anilines is 1. The van der Waals surface area contributed by atoms with Gasteiger partial charge in [0, 0.05) is 38.4 Å². The number of nitrogen functional groups attached to an aromatic ring is 1. The molecular weight excluding hydrogens is 322 g/mol. The number of benzene rings is 2. The van der Waals surface area contributed by atoms with Gasteiger partial charge < -0.3 is 5.73 Å². The minimum absolute atomic E-state index is 0.325. The van der Waals surface area contributed by atoms with E-state index >= 15 is 0 Å². The first-order valence-corrected chi connectivity index (χ1v) is 9.53. The van der Waals surface area contributed by atoms with Gasteiger partial charge in [0.05, 0.1) is 4.90 Å². The van der Waals surface area contributed by atoms with Crippen molar-refractivity contribution in [1.29, 1.82) is 0 Å². The molecule has 0 bridgehead atoms. The van der Waals surface area contributed by atoms with Crippen molar-refractivity contribution in [3.8, 4) is 0 Å². The van der Waals surface area contributed by atoms with Crippen molar-refractivity contribution in [2.45, 2.75) is 18.4 Å². The Labute approximate surface area is 143 Å². The third-order valence-electron chi connectivity index (χ3n) is 4.46. The van der Waals surface area contributed by atoms with Crippen LogP contribution < -0.4 is 5.73 Å². The SMILES string of the molecule is Cc1cc(S(=O)(=O)N2CCN(Cc3ccccc3)CC2)ccc1N. The van der Waals surface area contributed by atoms with Crippen LogP contribution in [-0.4, -0.2) is 43.8 Å². The summed E-state index contributed by atoms with van der Waals surface area (Å²) >= 11 is 0. The van der Waals surface area contributed by atoms with Crippen LogP contribution in [0.5, 0.6) is 0 Å². The van der Waals surface area contributed by atoms with Crippen molar-refractivity contribution in [1.82, 2.24) is 9.21 Å². The van der Waals surface area contributed by atoms with E-state index in [4.69, 9.17) is 5.73 Å². The van der Waals surface area contributed by atoms with Gasteiger partial charge in [-0.3, -0.25) is 4.90 Å². The summed E-state index contributed by atoms with van der Waals surface area (Å²) in [6.45, 7) is 5.18. The molecule has 0 atom stereocenters. The van der Waals surface area contributed by atoms with Crippen LogP contribution in [0, 0.1) is 6.92 Å². The summed E-state index contributed by atoms with van der Waals surface area (Å²) in [5.41, 5.74) is 8.44. The molecule has 2 aromatic rings. The Morgan fingerprint density at radius 1 is 1.00 bits per heavy atom. The summed E-state index contributed by atoms with van der Waals surface area (Å²) in [5, 5.41) is 0. The van der Waals surface area contributed by atoms with Crippen LogP contribution in [0.25, 0.3) is 0 Å². The zero-order valence-corrected chi connectivity index (χ0v) is 14.7. The van der Waals surface area contributed by atoms with Crippen molar-refractivity contribution in [2.75, 3.05) is 31.9 Å². The summed E-state index contributed by atoms with van der Waals surface area (Å²) in [7, 11) is -3.45. The second kappa shape index (κ2) is 6.93. The van der Waals surface area contributed by atoms with Crippen molar-refractivity contribution < 1.29 is 8.42 Å². The van der Waals surface area contributed by atoms with Crippen molar-refractivity contribution in [3.63, 3.8) is 0 Å². The molecular formula is C18H23N3O2S. The summed E-state index contributed by atoms with van der Waals surface area (Å²) in [6.07, 6.45) is 0. The van der Waals surface area contributed by atoms with Gasteiger partial charge in [-0.05, 0) is 36.2 Å². The second-order valence-electron chi connectivity index (χ2n) is 6.18. The molecule has 1 fully saturated rings. The van der Waals surface area contributed by atoms with Gasteiger partial charge in [-0.15, -0.1) is 0 Å². The largest absolute Gasteiger partial charge is 0.399 e. The lowest BCUT2D eigenvalue weighted by molar-refractivity contribution is 0.181. The third kappa shape index (κ3) is 3.61. The quantitative estimate of drug-likeness (QED) is 0.862. The van der Waals surface area contributed by atoms with E-state index in [-0.39, 0.29) is 0 Å². The highest BCUT2D eigenvalue weighted by molar-refractivity contribution is 7.89. The van der Waals surface area contributed by atoms with E-state index in [1.165, 1.54) is 5.56 Å². The number of piperazine rings is 1. The average Bonchev–Trinajstić information content (AvgIpc) is 2.58. The van der Waals surface area contributed by atoms with Crippen molar-refractivity contribution in [2.24, 2.45) is 0 Å². The molecule has 0 saturated carbocycles. The summed E-state index contributed by atoms with van der Waals surface area (Å²) < 4.78 is 27.1. The number of aryl methyl sites for hydroxylation is 1. The van der Waals surface area contributed by atoms with Crippen LogP contribution in [-0.2, 0) is 16.6 Å². The summed E-state index contributed by atoms with van der Waals surface area (Å²) in [4.78, 5) is 2.61. The molecule has 5 nitrogen and oxygen atoms in total. The maximum atomic E-state index is 12.8. The number of nitrogens with two attached hydrogens (primary N) is 1. The summed E-state index contributed by atoms with van der Waals surface area (Å²) in [6, 6.07) is 15.2. The van der Waals surface area contributed by atoms with E-state index in [2.05, 4.69) is 17.0 Å². The first-order chi connectivity index (χ1) is 11.5. The molecule has 0 aromatic heterocycles. The smallest absolute Gasteiger partial charge is 0.243 e. The van der Waals surface area contributed by atoms with E-state index in [1.54, 1.807) is 22.5 Å². The zero-order valence-electron chi connectivity index (χ0n) is 13.9. The Bertz CT molecular complexity index is 798. The topological polar surface area (TPSA) is 66.6 Å². The lowest BCUT2D eigenvalue weighted by atomic mass is 10.2. The molecule has 0 amide bonds. The molecule has 2 aromatic carbocycles. The summed E-state index contributed by atoms with van der Waals surface area (Å²) in [5.74, 6) is 0. The predicted octanol–water partition coefficient (Wildman–Crippen LogP) is 2.08. The molecule has 128 valence electrons. The zero-order chi connectivity index (χ0) is 17.2. The second-order valence-corrected chi connectivity index (χ2v) is 8.12. The van der Waals surface area contributed by atoms with Crippen LogP contribution in [0.3, 0.4) is 0 Å². The standard InChI is InChI=1S/C18H23N3O2S/c1-15-13-17(7-8-18(15)19)24(22,23)21-11-9-20(10-12-21)14-16-5-3-2-4-6-16/h2-8,13H,9-12,14,19H2,1H3. The van der Waals surface area contributed by atoms with E-state index in [9.17, 15) is 8.42 Å². The molecule has 1 heterocycles. The van der Waals surface area contributed by atoms with Crippen LogP contribution in [0.15, 0.2) is 53.4 Å². The predicted molar refractivity (Wildman–Crippen MR) is 96.1 cm³/mol. The molecule has 0 spiro atoms. The highest BCUT2D eigenvalue weighted by Crippen LogP contribution is 2.22. The molecule has 1 aliphatic heterocycles. The van der Waals surface area contributed by atoms with E-state index in [1.807, 2.05) is 25.1 Å². The highest BCUT2D eigenvalue weighted by atomic mass is 32.2. The van der Waals surface area contributed by atoms with Gasteiger partial charge in [-0.1, -0.05) is 30.3 Å². The molecule has 3 rings (SSSR count). The molecule has 0 unspecified atom stereocenters. The lowest BCUT2D eigenvalue weighted by Gasteiger charge is -2.34. The molecule has 2 N–H and O–H groups in total. The van der Waals surface area contributed by atoms with Gasteiger partial charge in [0.2, 0.25) is 10.0 Å². The Balaban J connectivity index is 1.66. The van der Waals surface area contributed by atoms with Gasteiger partial charge in [-0.25, -0.2) is 8.42 Å². The van der Waals surface area contributed by atoms with Gasteiger partial charge in [0.15, 0.2) is 0 Å². The van der Waals surface area contributed by atoms with E-state index in [0.717, 1.165) is 25.2 Å². The van der Waals surface area contributed by atoms with E-state index in [0.29, 0.717) is 23.7 Å². The maximum absolute atomic E-state index is 12.8. The Morgan fingerprint density at radius 3 is 2.29 bits per heavy atom. The fourth-order valence-corrected chi connectivity index (χ4v) is 4.44. The fourth-order valence-electron chi connectivity index (χ4n) is 2.93. The van der Waals surface area contributed by atoms with Crippen molar-refractivity contribution in [3.05, 3.63) is 59.7 Å². The maximum Gasteiger partial charge on any atom is 0.243 e. The van der Waals surface area contributed by atoms with Gasteiger partial charge in [0.25, 0.3) is 0 Å². The normalized spacial score (nSPS) is 17.0. The number of nitrogens with zero attached hydrogens (tertiary/aromatic N) is 2. The third-order valence-corrected chi connectivity index (χ3v) is 6.35. The minimum atomic E-state index is -3.45. The Hall–Kier alpha value is -1.89. The fraction of sp³-hybridized carbons (Fsp3) is 0.333. The highest BCUT2D eigenvalue weighted by Gasteiger charge is 2.28. The van der Waals surface area contributed by atoms with Crippen LogP contribution in [0.2, 0.25) is 0 Å². The first-order valence-electron chi connectivity index (χ1n) is 8.09. The van der Waals surface area contributed by atoms with Gasteiger partial charge in [-0.2, -0.15) is 4.31 Å². The molecule has 0 aliphatic carbocycles. The van der Waals surface area contributed by atoms with Crippen LogP contribution >= 0.6 is 0 Å². The average molecular weight is 345 g/mol. The molecule has 0 radical (unpaired) electrons. The molecule has 6 heteroatoms. The van der Waals surface area contributed by atoms with Gasteiger partial charge >= 0.3 is 0 Å². The molecule has 1 saturated heterocycles. The van der Waals surface area contributed by atoms with E-state index < -0.39 is 10.0 Å². The number of hydrogen-bond donors (Lipinski definition) is 1. The number of hydrogen-bond acceptors (Lipinski definition) is 4. The van der Waals surface area contributed by atoms with Crippen LogP contribution in [0.1, 0.15) is 11.1 Å². The monoisotopic (exact) mass is 345 g/mol. The lowest BCUT2D eigenvalue weighted by Crippen LogP contribution is -2.48. The Morgan fingerprint density at radius 2 is 1.67 bits per heavy atom. The number of sulfonamides is 1. The number of rotatable bonds is 4. The molecule has 1 aliphatic rings. The van der Waals surface area contributed by atoms with Gasteiger partial charge in [0.1, 0.15) is 0 Å². The van der Waals surface area contributed by atoms with Crippen LogP contribution in [0.4, 0.5) is 5.69 Å². The first kappa shape index (κ1) is 17.0. The molecule has 24 heavy (non-hydrogen) atoms. The Kier molecular flexibility index (Phi) is 4.89.